The Balaban J connectivity index is 1.99. The summed E-state index contributed by atoms with van der Waals surface area (Å²) in [4.78, 5) is 0. The van der Waals surface area contributed by atoms with Crippen LogP contribution in [0.4, 0.5) is 0 Å². The quantitative estimate of drug-likeness (QED) is 0.816. The molecule has 0 amide bonds. The summed E-state index contributed by atoms with van der Waals surface area (Å²) in [5.74, 6) is 0.924. The van der Waals surface area contributed by atoms with Crippen LogP contribution in [0, 0.1) is 19.3 Å². The maximum atomic E-state index is 9.38. The highest BCUT2D eigenvalue weighted by molar-refractivity contribution is 5.42. The fourth-order valence-corrected chi connectivity index (χ4v) is 2.46. The molecular weight excluding hydrogens is 242 g/mol. The number of benzene rings is 1. The molecule has 0 radical (unpaired) electrons. The summed E-state index contributed by atoms with van der Waals surface area (Å²) in [5, 5.41) is 12.8. The Morgan fingerprint density at radius 2 is 2.11 bits per heavy atom. The number of aliphatic hydroxyl groups excluding tert-OH is 1. The first-order valence-electron chi connectivity index (χ1n) is 6.64. The molecule has 2 rings (SSSR count). The zero-order chi connectivity index (χ0) is 13.9. The van der Waals surface area contributed by atoms with Gasteiger partial charge in [0.2, 0.25) is 0 Å². The minimum absolute atomic E-state index is 0.0914. The lowest BCUT2D eigenvalue weighted by molar-refractivity contribution is -0.134. The minimum Gasteiger partial charge on any atom is -0.496 e. The van der Waals surface area contributed by atoms with Crippen LogP contribution in [0.3, 0.4) is 0 Å². The topological polar surface area (TPSA) is 50.7 Å². The Hall–Kier alpha value is -1.10. The van der Waals surface area contributed by atoms with Gasteiger partial charge in [-0.2, -0.15) is 0 Å². The molecule has 2 N–H and O–H groups in total. The average Bonchev–Trinajstić information content (AvgIpc) is 2.34. The number of methoxy groups -OCH3 is 1. The Morgan fingerprint density at radius 3 is 2.63 bits per heavy atom. The van der Waals surface area contributed by atoms with Gasteiger partial charge in [0.25, 0.3) is 0 Å². The molecule has 4 heteroatoms. The molecule has 0 atom stereocenters. The van der Waals surface area contributed by atoms with Gasteiger partial charge in [0, 0.05) is 18.7 Å². The van der Waals surface area contributed by atoms with E-state index in [9.17, 15) is 5.11 Å². The van der Waals surface area contributed by atoms with Crippen molar-refractivity contribution in [2.45, 2.75) is 20.4 Å². The van der Waals surface area contributed by atoms with Crippen molar-refractivity contribution in [2.75, 3.05) is 33.5 Å². The number of rotatable bonds is 6. The van der Waals surface area contributed by atoms with E-state index < -0.39 is 0 Å². The van der Waals surface area contributed by atoms with Crippen molar-refractivity contribution in [3.05, 3.63) is 28.8 Å². The van der Waals surface area contributed by atoms with E-state index in [1.807, 2.05) is 0 Å². The van der Waals surface area contributed by atoms with Crippen LogP contribution >= 0.6 is 0 Å². The second kappa shape index (κ2) is 5.90. The summed E-state index contributed by atoms with van der Waals surface area (Å²) in [5.41, 5.74) is 3.53. The Bertz CT molecular complexity index is 436. The van der Waals surface area contributed by atoms with Gasteiger partial charge >= 0.3 is 0 Å². The van der Waals surface area contributed by atoms with Crippen LogP contribution in [0.1, 0.15) is 16.7 Å². The van der Waals surface area contributed by atoms with Crippen LogP contribution in [0.25, 0.3) is 0 Å². The number of ether oxygens (including phenoxy) is 2. The first-order valence-corrected chi connectivity index (χ1v) is 6.64. The number of aliphatic hydroxyl groups is 1. The predicted molar refractivity (Wildman–Crippen MR) is 74.5 cm³/mol. The molecule has 1 heterocycles. The molecule has 1 saturated heterocycles. The summed E-state index contributed by atoms with van der Waals surface area (Å²) < 4.78 is 10.6. The fraction of sp³-hybridized carbons (Fsp3) is 0.600. The maximum Gasteiger partial charge on any atom is 0.123 e. The Morgan fingerprint density at radius 1 is 1.37 bits per heavy atom. The van der Waals surface area contributed by atoms with Crippen molar-refractivity contribution >= 4 is 0 Å². The molecule has 0 unspecified atom stereocenters. The normalized spacial score (nSPS) is 17.1. The summed E-state index contributed by atoms with van der Waals surface area (Å²) >= 11 is 0. The van der Waals surface area contributed by atoms with Crippen molar-refractivity contribution in [3.63, 3.8) is 0 Å². The third-order valence-corrected chi connectivity index (χ3v) is 3.75. The Kier molecular flexibility index (Phi) is 4.45. The van der Waals surface area contributed by atoms with Gasteiger partial charge in [-0.3, -0.25) is 0 Å². The van der Waals surface area contributed by atoms with E-state index in [2.05, 4.69) is 31.3 Å². The van der Waals surface area contributed by atoms with Gasteiger partial charge in [-0.1, -0.05) is 6.07 Å². The zero-order valence-electron chi connectivity index (χ0n) is 12.0. The molecule has 1 aromatic rings. The molecule has 19 heavy (non-hydrogen) atoms. The third kappa shape index (κ3) is 3.08. The van der Waals surface area contributed by atoms with Crippen molar-refractivity contribution in [2.24, 2.45) is 5.41 Å². The maximum absolute atomic E-state index is 9.38. The summed E-state index contributed by atoms with van der Waals surface area (Å²) in [6, 6.07) is 4.21. The van der Waals surface area contributed by atoms with Crippen LogP contribution in [0.15, 0.2) is 12.1 Å². The van der Waals surface area contributed by atoms with Gasteiger partial charge in [-0.25, -0.2) is 0 Å². The molecule has 1 aliphatic rings. The Labute approximate surface area is 114 Å². The summed E-state index contributed by atoms with van der Waals surface area (Å²) in [7, 11) is 1.70. The van der Waals surface area contributed by atoms with E-state index in [1.165, 1.54) is 16.7 Å². The summed E-state index contributed by atoms with van der Waals surface area (Å²) in [6.07, 6.45) is 0. The second-order valence-corrected chi connectivity index (χ2v) is 5.52. The number of nitrogens with one attached hydrogen (secondary N) is 1. The van der Waals surface area contributed by atoms with Gasteiger partial charge in [0.15, 0.2) is 0 Å². The molecule has 0 saturated carbocycles. The smallest absolute Gasteiger partial charge is 0.123 e. The molecule has 1 aromatic carbocycles. The van der Waals surface area contributed by atoms with Crippen LogP contribution < -0.4 is 10.1 Å². The van der Waals surface area contributed by atoms with Crippen molar-refractivity contribution in [1.29, 1.82) is 0 Å². The zero-order valence-corrected chi connectivity index (χ0v) is 12.0. The first-order chi connectivity index (χ1) is 9.10. The third-order valence-electron chi connectivity index (χ3n) is 3.75. The monoisotopic (exact) mass is 265 g/mol. The molecule has 0 spiro atoms. The van der Waals surface area contributed by atoms with E-state index in [0.717, 1.165) is 18.8 Å². The highest BCUT2D eigenvalue weighted by atomic mass is 16.5. The number of aryl methyl sites for hydroxylation is 2. The highest BCUT2D eigenvalue weighted by Gasteiger charge is 2.37. The predicted octanol–water partition coefficient (Wildman–Crippen LogP) is 1.41. The van der Waals surface area contributed by atoms with Crippen LogP contribution in [0.5, 0.6) is 5.75 Å². The molecule has 1 aliphatic heterocycles. The van der Waals surface area contributed by atoms with Crippen molar-refractivity contribution < 1.29 is 14.6 Å². The molecule has 1 fully saturated rings. The molecular formula is C15H23NO3. The van der Waals surface area contributed by atoms with Gasteiger partial charge < -0.3 is 19.9 Å². The van der Waals surface area contributed by atoms with E-state index in [-0.39, 0.29) is 12.0 Å². The van der Waals surface area contributed by atoms with E-state index in [1.54, 1.807) is 7.11 Å². The van der Waals surface area contributed by atoms with Gasteiger partial charge in [0.05, 0.1) is 32.3 Å². The van der Waals surface area contributed by atoms with Crippen molar-refractivity contribution in [1.82, 2.24) is 5.32 Å². The van der Waals surface area contributed by atoms with E-state index in [4.69, 9.17) is 9.47 Å². The van der Waals surface area contributed by atoms with Gasteiger partial charge in [-0.15, -0.1) is 0 Å². The van der Waals surface area contributed by atoms with Crippen molar-refractivity contribution in [3.8, 4) is 5.75 Å². The van der Waals surface area contributed by atoms with Gasteiger partial charge in [-0.05, 0) is 31.0 Å². The number of hydrogen-bond acceptors (Lipinski definition) is 4. The summed E-state index contributed by atoms with van der Waals surface area (Å²) in [6.45, 7) is 7.13. The lowest BCUT2D eigenvalue weighted by atomic mass is 9.87. The van der Waals surface area contributed by atoms with Gasteiger partial charge in [0.1, 0.15) is 5.75 Å². The second-order valence-electron chi connectivity index (χ2n) is 5.52. The highest BCUT2D eigenvalue weighted by Crippen LogP contribution is 2.27. The number of hydrogen-bond donors (Lipinski definition) is 2. The standard InChI is InChI=1S/C15H23NO3/c1-11-4-12(2)13(14(5-11)18-3)6-16-7-15(8-17)9-19-10-15/h4-5,16-17H,6-10H2,1-3H3. The lowest BCUT2D eigenvalue weighted by Crippen LogP contribution is -2.52. The molecule has 0 aromatic heterocycles. The van der Waals surface area contributed by atoms with Crippen LogP contribution in [-0.4, -0.2) is 38.6 Å². The lowest BCUT2D eigenvalue weighted by Gasteiger charge is -2.40. The van der Waals surface area contributed by atoms with Crippen LogP contribution in [0.2, 0.25) is 0 Å². The molecule has 4 nitrogen and oxygen atoms in total. The SMILES string of the molecule is COc1cc(C)cc(C)c1CNCC1(CO)COC1. The van der Waals surface area contributed by atoms with Crippen LogP contribution in [-0.2, 0) is 11.3 Å². The fourth-order valence-electron chi connectivity index (χ4n) is 2.46. The van der Waals surface area contributed by atoms with E-state index in [0.29, 0.717) is 13.2 Å². The minimum atomic E-state index is -0.0914. The molecule has 106 valence electrons. The molecule has 0 bridgehead atoms. The average molecular weight is 265 g/mol. The molecule has 0 aliphatic carbocycles. The largest absolute Gasteiger partial charge is 0.496 e. The van der Waals surface area contributed by atoms with E-state index >= 15 is 0 Å². The first kappa shape index (κ1) is 14.3.